The second-order valence-corrected chi connectivity index (χ2v) is 10.7. The number of pyridine rings is 1. The molecular formula is C33H26N6O2. The fraction of sp³-hybridized carbons (Fsp3) is 0.152. The molecule has 8 rings (SSSR count). The number of imidazole rings is 1. The molecule has 1 saturated heterocycles. The summed E-state index contributed by atoms with van der Waals surface area (Å²) < 4.78 is 0. The van der Waals surface area contributed by atoms with E-state index in [0.29, 0.717) is 16.8 Å². The van der Waals surface area contributed by atoms with Crippen LogP contribution in [-0.4, -0.2) is 49.7 Å². The number of H-pyrrole nitrogens is 2. The van der Waals surface area contributed by atoms with Gasteiger partial charge in [-0.2, -0.15) is 0 Å². The van der Waals surface area contributed by atoms with E-state index in [1.165, 1.54) is 0 Å². The second kappa shape index (κ2) is 9.16. The smallest absolute Gasteiger partial charge is 0.253 e. The Labute approximate surface area is 235 Å². The van der Waals surface area contributed by atoms with Gasteiger partial charge in [0.15, 0.2) is 0 Å². The van der Waals surface area contributed by atoms with Crippen LogP contribution < -0.4 is 5.32 Å². The van der Waals surface area contributed by atoms with Gasteiger partial charge < -0.3 is 20.2 Å². The van der Waals surface area contributed by atoms with E-state index < -0.39 is 0 Å². The van der Waals surface area contributed by atoms with E-state index in [1.807, 2.05) is 47.4 Å². The molecule has 6 aromatic rings. The summed E-state index contributed by atoms with van der Waals surface area (Å²) in [6, 6.07) is 23.3. The number of hydrogen-bond acceptors (Lipinski definition) is 4. The van der Waals surface area contributed by atoms with Crippen LogP contribution in [0.15, 0.2) is 85.2 Å². The maximum absolute atomic E-state index is 13.6. The number of nitrogens with one attached hydrogen (secondary N) is 3. The molecule has 41 heavy (non-hydrogen) atoms. The van der Waals surface area contributed by atoms with Crippen molar-refractivity contribution in [2.24, 2.45) is 0 Å². The van der Waals surface area contributed by atoms with Crippen LogP contribution in [0.2, 0.25) is 0 Å². The van der Waals surface area contributed by atoms with Gasteiger partial charge >= 0.3 is 0 Å². The van der Waals surface area contributed by atoms with E-state index in [9.17, 15) is 9.59 Å². The average Bonchev–Trinajstić information content (AvgIpc) is 3.82. The largest absolute Gasteiger partial charge is 0.346 e. The highest BCUT2D eigenvalue weighted by Gasteiger charge is 2.33. The van der Waals surface area contributed by atoms with Crippen molar-refractivity contribution in [3.63, 3.8) is 0 Å². The Kier molecular flexibility index (Phi) is 5.28. The van der Waals surface area contributed by atoms with Gasteiger partial charge in [-0.15, -0.1) is 0 Å². The summed E-state index contributed by atoms with van der Waals surface area (Å²) in [7, 11) is 0. The molecule has 0 bridgehead atoms. The van der Waals surface area contributed by atoms with Gasteiger partial charge in [0.1, 0.15) is 11.5 Å². The van der Waals surface area contributed by atoms with Gasteiger partial charge in [-0.3, -0.25) is 9.59 Å². The third kappa shape index (κ3) is 3.75. The molecule has 0 radical (unpaired) electrons. The zero-order valence-corrected chi connectivity index (χ0v) is 22.1. The van der Waals surface area contributed by atoms with Gasteiger partial charge in [-0.05, 0) is 65.4 Å². The molecule has 1 fully saturated rings. The average molecular weight is 539 g/mol. The molecule has 200 valence electrons. The monoisotopic (exact) mass is 538 g/mol. The molecule has 0 saturated carbocycles. The molecule has 1 aliphatic heterocycles. The number of hydrogen-bond donors (Lipinski definition) is 3. The number of fused-ring (bicyclic) bond motifs is 5. The number of aromatic amines is 2. The van der Waals surface area contributed by atoms with E-state index >= 15 is 0 Å². The predicted molar refractivity (Wildman–Crippen MR) is 158 cm³/mol. The van der Waals surface area contributed by atoms with Crippen LogP contribution >= 0.6 is 0 Å². The van der Waals surface area contributed by atoms with Gasteiger partial charge in [0.2, 0.25) is 0 Å². The zero-order chi connectivity index (χ0) is 27.5. The molecule has 2 amide bonds. The number of aromatic nitrogens is 4. The third-order valence-corrected chi connectivity index (χ3v) is 8.31. The van der Waals surface area contributed by atoms with Gasteiger partial charge in [0.25, 0.3) is 11.8 Å². The Bertz CT molecular complexity index is 2000. The molecule has 0 spiro atoms. The van der Waals surface area contributed by atoms with Crippen molar-refractivity contribution in [2.75, 3.05) is 13.1 Å². The molecule has 3 aromatic heterocycles. The molecule has 8 heteroatoms. The summed E-state index contributed by atoms with van der Waals surface area (Å²) in [5.41, 5.74) is 8.68. The van der Waals surface area contributed by atoms with Crippen LogP contribution in [0.3, 0.4) is 0 Å². The number of carbonyl (C=O) groups is 2. The number of benzene rings is 3. The number of likely N-dealkylation sites (tertiary alicyclic amines) is 1. The van der Waals surface area contributed by atoms with E-state index in [1.54, 1.807) is 18.5 Å². The topological polar surface area (TPSA) is 107 Å². The van der Waals surface area contributed by atoms with Crippen molar-refractivity contribution in [3.8, 4) is 22.5 Å². The maximum atomic E-state index is 13.6. The van der Waals surface area contributed by atoms with Gasteiger partial charge in [0.05, 0.1) is 22.6 Å². The van der Waals surface area contributed by atoms with Crippen LogP contribution in [0.25, 0.3) is 44.6 Å². The van der Waals surface area contributed by atoms with Crippen molar-refractivity contribution in [3.05, 3.63) is 107 Å². The van der Waals surface area contributed by atoms with Crippen molar-refractivity contribution < 1.29 is 9.59 Å². The highest BCUT2D eigenvalue weighted by atomic mass is 16.2. The molecule has 1 aliphatic carbocycles. The fourth-order valence-corrected chi connectivity index (χ4v) is 6.35. The fourth-order valence-electron chi connectivity index (χ4n) is 6.35. The molecule has 1 unspecified atom stereocenters. The lowest BCUT2D eigenvalue weighted by atomic mass is 9.98. The molecule has 1 atom stereocenters. The first kappa shape index (κ1) is 23.6. The number of rotatable bonds is 4. The van der Waals surface area contributed by atoms with Gasteiger partial charge in [-0.25, -0.2) is 9.97 Å². The summed E-state index contributed by atoms with van der Waals surface area (Å²) in [6.07, 6.45) is 5.56. The van der Waals surface area contributed by atoms with Gasteiger partial charge in [0, 0.05) is 42.0 Å². The second-order valence-electron chi connectivity index (χ2n) is 10.7. The normalized spacial score (nSPS) is 15.8. The molecule has 2 aliphatic rings. The molecule has 8 nitrogen and oxygen atoms in total. The SMILES string of the molecule is O=C(NC1c2ccccc2-c2c(-c3nc4ccc(C(=O)N5CCCC5)cc4[nH]3)cccc21)c1ccnc2[nH]ccc12. The van der Waals surface area contributed by atoms with E-state index in [0.717, 1.165) is 76.0 Å². The van der Waals surface area contributed by atoms with Crippen molar-refractivity contribution in [2.45, 2.75) is 18.9 Å². The summed E-state index contributed by atoms with van der Waals surface area (Å²) in [5, 5.41) is 4.08. The highest BCUT2D eigenvalue weighted by molar-refractivity contribution is 6.06. The van der Waals surface area contributed by atoms with Crippen molar-refractivity contribution in [1.29, 1.82) is 0 Å². The highest BCUT2D eigenvalue weighted by Crippen LogP contribution is 2.47. The van der Waals surface area contributed by atoms with Crippen LogP contribution in [0, 0.1) is 0 Å². The Balaban J connectivity index is 1.19. The predicted octanol–water partition coefficient (Wildman–Crippen LogP) is 5.84. The number of carbonyl (C=O) groups excluding carboxylic acids is 2. The standard InChI is InChI=1S/C33H26N6O2/c40-32(23-13-15-35-30-22(23)12-14-34-30)38-29-21-7-2-1-6-20(21)28-24(29)8-5-9-25(28)31-36-26-11-10-19(18-27(26)37-31)33(41)39-16-3-4-17-39/h1-2,5-15,18,29H,3-4,16-17H2,(H,34,35)(H,36,37)(H,38,40). The Morgan fingerprint density at radius 2 is 1.73 bits per heavy atom. The summed E-state index contributed by atoms with van der Waals surface area (Å²) in [5.74, 6) is 0.640. The minimum atomic E-state index is -0.315. The Morgan fingerprint density at radius 3 is 2.63 bits per heavy atom. The molecular weight excluding hydrogens is 512 g/mol. The zero-order valence-electron chi connectivity index (χ0n) is 22.1. The lowest BCUT2D eigenvalue weighted by molar-refractivity contribution is 0.0792. The van der Waals surface area contributed by atoms with Gasteiger partial charge in [-0.1, -0.05) is 42.5 Å². The van der Waals surface area contributed by atoms with Crippen LogP contribution in [0.1, 0.15) is 50.7 Å². The first-order valence-corrected chi connectivity index (χ1v) is 13.9. The molecule has 3 aromatic carbocycles. The minimum absolute atomic E-state index is 0.0692. The summed E-state index contributed by atoms with van der Waals surface area (Å²) in [4.78, 5) is 44.3. The third-order valence-electron chi connectivity index (χ3n) is 8.31. The van der Waals surface area contributed by atoms with Crippen molar-refractivity contribution >= 4 is 33.9 Å². The van der Waals surface area contributed by atoms with Crippen LogP contribution in [0.4, 0.5) is 0 Å². The van der Waals surface area contributed by atoms with E-state index in [2.05, 4.69) is 44.5 Å². The van der Waals surface area contributed by atoms with Crippen LogP contribution in [0.5, 0.6) is 0 Å². The Hall–Kier alpha value is -5.24. The quantitative estimate of drug-likeness (QED) is 0.262. The lowest BCUT2D eigenvalue weighted by Crippen LogP contribution is -2.28. The number of amides is 2. The summed E-state index contributed by atoms with van der Waals surface area (Å²) >= 11 is 0. The minimum Gasteiger partial charge on any atom is -0.346 e. The Morgan fingerprint density at radius 1 is 0.902 bits per heavy atom. The molecule has 4 heterocycles. The first-order chi connectivity index (χ1) is 20.2. The van der Waals surface area contributed by atoms with E-state index in [-0.39, 0.29) is 17.9 Å². The lowest BCUT2D eigenvalue weighted by Gasteiger charge is -2.16. The number of nitrogens with zero attached hydrogens (tertiary/aromatic N) is 3. The van der Waals surface area contributed by atoms with Crippen molar-refractivity contribution in [1.82, 2.24) is 30.2 Å². The first-order valence-electron chi connectivity index (χ1n) is 13.9. The molecule has 3 N–H and O–H groups in total. The van der Waals surface area contributed by atoms with E-state index in [4.69, 9.17) is 4.98 Å². The maximum Gasteiger partial charge on any atom is 0.253 e. The van der Waals surface area contributed by atoms with Crippen LogP contribution in [-0.2, 0) is 0 Å². The summed E-state index contributed by atoms with van der Waals surface area (Å²) in [6.45, 7) is 1.63.